The molecule has 8 nitrogen and oxygen atoms in total. The van der Waals surface area contributed by atoms with Gasteiger partial charge in [0.1, 0.15) is 5.60 Å². The van der Waals surface area contributed by atoms with Crippen molar-refractivity contribution in [3.05, 3.63) is 35.4 Å². The Balaban J connectivity index is 1.36. The van der Waals surface area contributed by atoms with Gasteiger partial charge in [-0.15, -0.1) is 0 Å². The van der Waals surface area contributed by atoms with E-state index in [1.807, 2.05) is 20.8 Å². The highest BCUT2D eigenvalue weighted by molar-refractivity contribution is 6.21. The standard InChI is InChI=1S/C22H31N3O5/c1-22(2,3)30-21(28)23-14-16-15-24(12-13-29-16)10-6-7-11-25-19(26)17-8-4-5-9-18(17)20(25)27/h4-5,8-9,16H,6-7,10-15H2,1-3H3,(H,23,28). The molecular formula is C22H31N3O5. The highest BCUT2D eigenvalue weighted by Crippen LogP contribution is 2.22. The summed E-state index contributed by atoms with van der Waals surface area (Å²) in [5.41, 5.74) is 0.468. The summed E-state index contributed by atoms with van der Waals surface area (Å²) in [6, 6.07) is 6.96. The third-order valence-corrected chi connectivity index (χ3v) is 5.08. The number of unbranched alkanes of at least 4 members (excludes halogenated alkanes) is 1. The number of carbonyl (C=O) groups excluding carboxylic acids is 3. The fourth-order valence-electron chi connectivity index (χ4n) is 3.67. The molecular weight excluding hydrogens is 386 g/mol. The molecule has 2 aliphatic heterocycles. The number of ether oxygens (including phenoxy) is 2. The zero-order chi connectivity index (χ0) is 21.7. The molecule has 3 rings (SSSR count). The van der Waals surface area contributed by atoms with Crippen LogP contribution >= 0.6 is 0 Å². The van der Waals surface area contributed by atoms with Gasteiger partial charge in [0.25, 0.3) is 11.8 Å². The van der Waals surface area contributed by atoms with E-state index in [0.29, 0.717) is 30.8 Å². The maximum atomic E-state index is 12.4. The fourth-order valence-corrected chi connectivity index (χ4v) is 3.67. The number of imide groups is 1. The van der Waals surface area contributed by atoms with Gasteiger partial charge in [-0.25, -0.2) is 4.79 Å². The predicted molar refractivity (Wildman–Crippen MR) is 111 cm³/mol. The van der Waals surface area contributed by atoms with Crippen molar-refractivity contribution in [1.29, 1.82) is 0 Å². The van der Waals surface area contributed by atoms with E-state index in [2.05, 4.69) is 10.2 Å². The first-order valence-electron chi connectivity index (χ1n) is 10.5. The maximum Gasteiger partial charge on any atom is 0.407 e. The van der Waals surface area contributed by atoms with Gasteiger partial charge in [0.15, 0.2) is 0 Å². The Morgan fingerprint density at radius 3 is 2.40 bits per heavy atom. The van der Waals surface area contributed by atoms with E-state index < -0.39 is 11.7 Å². The van der Waals surface area contributed by atoms with Crippen molar-refractivity contribution in [3.63, 3.8) is 0 Å². The van der Waals surface area contributed by atoms with Crippen LogP contribution < -0.4 is 5.32 Å². The molecule has 0 aromatic heterocycles. The number of hydrogen-bond acceptors (Lipinski definition) is 6. The summed E-state index contributed by atoms with van der Waals surface area (Å²) in [6.07, 6.45) is 1.11. The minimum Gasteiger partial charge on any atom is -0.444 e. The first-order valence-corrected chi connectivity index (χ1v) is 10.5. The van der Waals surface area contributed by atoms with Crippen molar-refractivity contribution in [2.45, 2.75) is 45.3 Å². The van der Waals surface area contributed by atoms with E-state index in [9.17, 15) is 14.4 Å². The average Bonchev–Trinajstić information content (AvgIpc) is 2.94. The number of carbonyl (C=O) groups is 3. The molecule has 0 spiro atoms. The number of hydrogen-bond donors (Lipinski definition) is 1. The van der Waals surface area contributed by atoms with Crippen molar-refractivity contribution < 1.29 is 23.9 Å². The topological polar surface area (TPSA) is 88.2 Å². The first-order chi connectivity index (χ1) is 14.2. The maximum absolute atomic E-state index is 12.4. The van der Waals surface area contributed by atoms with Gasteiger partial charge < -0.3 is 14.8 Å². The minimum absolute atomic E-state index is 0.0810. The second-order valence-corrected chi connectivity index (χ2v) is 8.69. The highest BCUT2D eigenvalue weighted by Gasteiger charge is 2.34. The van der Waals surface area contributed by atoms with Crippen molar-refractivity contribution in [2.75, 3.05) is 39.3 Å². The highest BCUT2D eigenvalue weighted by atomic mass is 16.6. The summed E-state index contributed by atoms with van der Waals surface area (Å²) >= 11 is 0. The summed E-state index contributed by atoms with van der Waals surface area (Å²) in [6.45, 7) is 9.34. The molecule has 1 N–H and O–H groups in total. The SMILES string of the molecule is CC(C)(C)OC(=O)NCC1CN(CCCCN2C(=O)c3ccccc3C2=O)CCO1. The van der Waals surface area contributed by atoms with Crippen LogP contribution in [-0.4, -0.2) is 78.7 Å². The Hall–Kier alpha value is -2.45. The predicted octanol–water partition coefficient (Wildman–Crippen LogP) is 2.29. The van der Waals surface area contributed by atoms with Gasteiger partial charge in [-0.2, -0.15) is 0 Å². The Morgan fingerprint density at radius 1 is 1.13 bits per heavy atom. The molecule has 8 heteroatoms. The number of morpholine rings is 1. The third-order valence-electron chi connectivity index (χ3n) is 5.08. The molecule has 1 fully saturated rings. The van der Waals surface area contributed by atoms with E-state index in [0.717, 1.165) is 32.5 Å². The van der Waals surface area contributed by atoms with Crippen LogP contribution in [0.1, 0.15) is 54.3 Å². The van der Waals surface area contributed by atoms with E-state index in [-0.39, 0.29) is 17.9 Å². The molecule has 0 aliphatic carbocycles. The molecule has 2 aliphatic rings. The van der Waals surface area contributed by atoms with Gasteiger partial charge in [0.2, 0.25) is 0 Å². The Labute approximate surface area is 177 Å². The van der Waals surface area contributed by atoms with Gasteiger partial charge in [0, 0.05) is 26.2 Å². The summed E-state index contributed by atoms with van der Waals surface area (Å²) < 4.78 is 11.0. The van der Waals surface area contributed by atoms with Gasteiger partial charge >= 0.3 is 6.09 Å². The Bertz CT molecular complexity index is 754. The monoisotopic (exact) mass is 417 g/mol. The van der Waals surface area contributed by atoms with Crippen molar-refractivity contribution >= 4 is 17.9 Å². The zero-order valence-corrected chi connectivity index (χ0v) is 18.0. The Kier molecular flexibility index (Phi) is 7.10. The van der Waals surface area contributed by atoms with Gasteiger partial charge in [-0.3, -0.25) is 19.4 Å². The van der Waals surface area contributed by atoms with Crippen molar-refractivity contribution in [3.8, 4) is 0 Å². The lowest BCUT2D eigenvalue weighted by Crippen LogP contribution is -2.48. The molecule has 1 aromatic rings. The molecule has 3 amide bonds. The lowest BCUT2D eigenvalue weighted by atomic mass is 10.1. The second-order valence-electron chi connectivity index (χ2n) is 8.69. The second kappa shape index (κ2) is 9.57. The van der Waals surface area contributed by atoms with Crippen LogP contribution in [0.15, 0.2) is 24.3 Å². The molecule has 1 atom stereocenters. The zero-order valence-electron chi connectivity index (χ0n) is 18.0. The summed E-state index contributed by atoms with van der Waals surface area (Å²) in [7, 11) is 0. The first kappa shape index (κ1) is 22.2. The summed E-state index contributed by atoms with van der Waals surface area (Å²) in [4.78, 5) is 40.2. The molecule has 1 unspecified atom stereocenters. The van der Waals surface area contributed by atoms with E-state index in [4.69, 9.17) is 9.47 Å². The van der Waals surface area contributed by atoms with Crippen LogP contribution in [0.4, 0.5) is 4.79 Å². The van der Waals surface area contributed by atoms with Crippen molar-refractivity contribution in [2.24, 2.45) is 0 Å². The average molecular weight is 418 g/mol. The molecule has 0 bridgehead atoms. The molecule has 1 saturated heterocycles. The minimum atomic E-state index is -0.525. The normalized spacial score (nSPS) is 19.7. The fraction of sp³-hybridized carbons (Fsp3) is 0.591. The van der Waals surface area contributed by atoms with Gasteiger partial charge in [0.05, 0.1) is 23.8 Å². The number of nitrogens with zero attached hydrogens (tertiary/aromatic N) is 2. The molecule has 1 aromatic carbocycles. The largest absolute Gasteiger partial charge is 0.444 e. The van der Waals surface area contributed by atoms with Crippen molar-refractivity contribution in [1.82, 2.24) is 15.1 Å². The number of rotatable bonds is 7. The molecule has 164 valence electrons. The number of benzene rings is 1. The Morgan fingerprint density at radius 2 is 1.77 bits per heavy atom. The molecule has 30 heavy (non-hydrogen) atoms. The van der Waals surface area contributed by atoms with Crippen LogP contribution in [0.2, 0.25) is 0 Å². The van der Waals surface area contributed by atoms with Crippen LogP contribution in [0.25, 0.3) is 0 Å². The molecule has 0 radical (unpaired) electrons. The molecule has 2 heterocycles. The van der Waals surface area contributed by atoms with Crippen LogP contribution in [0, 0.1) is 0 Å². The van der Waals surface area contributed by atoms with Gasteiger partial charge in [-0.1, -0.05) is 12.1 Å². The number of nitrogens with one attached hydrogen (secondary N) is 1. The van der Waals surface area contributed by atoms with Gasteiger partial charge in [-0.05, 0) is 52.3 Å². The van der Waals surface area contributed by atoms with E-state index in [1.54, 1.807) is 24.3 Å². The van der Waals surface area contributed by atoms with Crippen LogP contribution in [0.5, 0.6) is 0 Å². The molecule has 0 saturated carbocycles. The lowest BCUT2D eigenvalue weighted by Gasteiger charge is -2.33. The number of amides is 3. The smallest absolute Gasteiger partial charge is 0.407 e. The third kappa shape index (κ3) is 5.79. The van der Waals surface area contributed by atoms with E-state index in [1.165, 1.54) is 4.90 Å². The summed E-state index contributed by atoms with van der Waals surface area (Å²) in [5, 5.41) is 2.76. The lowest BCUT2D eigenvalue weighted by molar-refractivity contribution is -0.0289. The van der Waals surface area contributed by atoms with Crippen LogP contribution in [0.3, 0.4) is 0 Å². The summed E-state index contributed by atoms with van der Waals surface area (Å²) in [5.74, 6) is -0.398. The number of alkyl carbamates (subject to hydrolysis) is 1. The quantitative estimate of drug-likeness (QED) is 0.541. The number of fused-ring (bicyclic) bond motifs is 1. The van der Waals surface area contributed by atoms with Crippen LogP contribution in [-0.2, 0) is 9.47 Å². The van der Waals surface area contributed by atoms with E-state index >= 15 is 0 Å².